The molecule has 10 heteroatoms. The normalized spacial score (nSPS) is 17.3. The average Bonchev–Trinajstić information content (AvgIpc) is 3.58. The maximum Gasteiger partial charge on any atom is 0.151 e. The minimum atomic E-state index is 0.444. The zero-order valence-corrected chi connectivity index (χ0v) is 20.3. The summed E-state index contributed by atoms with van der Waals surface area (Å²) in [5, 5.41) is 14.1. The molecule has 1 saturated carbocycles. The van der Waals surface area contributed by atoms with Crippen LogP contribution in [0, 0.1) is 0 Å². The Labute approximate surface area is 207 Å². The Kier molecular flexibility index (Phi) is 6.24. The molecule has 0 spiro atoms. The number of anilines is 3. The number of nitrogens with two attached hydrogens (primary N) is 1. The molecule has 2 aliphatic rings. The Morgan fingerprint density at radius 1 is 1.00 bits per heavy atom. The summed E-state index contributed by atoms with van der Waals surface area (Å²) in [6.45, 7) is 4.31. The van der Waals surface area contributed by atoms with Crippen molar-refractivity contribution in [1.29, 1.82) is 0 Å². The first-order chi connectivity index (χ1) is 17.2. The molecule has 4 aromatic rings. The fourth-order valence-corrected chi connectivity index (χ4v) is 5.77. The number of ether oxygens (including phenoxy) is 1. The van der Waals surface area contributed by atoms with Gasteiger partial charge < -0.3 is 15.8 Å². The zero-order valence-electron chi connectivity index (χ0n) is 19.5. The van der Waals surface area contributed by atoms with Crippen LogP contribution >= 0.6 is 11.3 Å². The summed E-state index contributed by atoms with van der Waals surface area (Å²) >= 11 is 1.62. The van der Waals surface area contributed by atoms with Crippen molar-refractivity contribution in [3.05, 3.63) is 47.4 Å². The third-order valence-electron chi connectivity index (χ3n) is 6.67. The molecular formula is C25H28N8OS. The Bertz CT molecular complexity index is 1310. The molecule has 0 amide bonds. The number of hydrogen-bond acceptors (Lipinski definition) is 10. The summed E-state index contributed by atoms with van der Waals surface area (Å²) < 4.78 is 5.41. The van der Waals surface area contributed by atoms with E-state index in [-0.39, 0.29) is 0 Å². The van der Waals surface area contributed by atoms with Gasteiger partial charge in [0, 0.05) is 25.6 Å². The molecule has 3 N–H and O–H groups in total. The van der Waals surface area contributed by atoms with Gasteiger partial charge in [0.25, 0.3) is 0 Å². The largest absolute Gasteiger partial charge is 0.383 e. The Balaban J connectivity index is 1.17. The molecule has 35 heavy (non-hydrogen) atoms. The fraction of sp³-hybridized carbons (Fsp3) is 0.400. The highest BCUT2D eigenvalue weighted by Gasteiger charge is 2.22. The molecule has 9 nitrogen and oxygen atoms in total. The molecule has 1 aliphatic carbocycles. The average molecular weight is 489 g/mol. The van der Waals surface area contributed by atoms with Crippen molar-refractivity contribution in [2.24, 2.45) is 0 Å². The molecule has 1 saturated heterocycles. The molecule has 180 valence electrons. The van der Waals surface area contributed by atoms with E-state index < -0.39 is 0 Å². The quantitative estimate of drug-likeness (QED) is 0.408. The Hall–Kier alpha value is -3.21. The number of nitrogens with one attached hydrogen (secondary N) is 1. The monoisotopic (exact) mass is 488 g/mol. The molecule has 2 fully saturated rings. The summed E-state index contributed by atoms with van der Waals surface area (Å²) in [4.78, 5) is 16.2. The van der Waals surface area contributed by atoms with E-state index in [1.54, 1.807) is 17.5 Å². The van der Waals surface area contributed by atoms with E-state index in [0.717, 1.165) is 76.5 Å². The van der Waals surface area contributed by atoms with E-state index in [1.807, 2.05) is 24.4 Å². The van der Waals surface area contributed by atoms with Gasteiger partial charge in [0.05, 0.1) is 59.3 Å². The van der Waals surface area contributed by atoms with Crippen molar-refractivity contribution in [3.8, 4) is 10.6 Å². The van der Waals surface area contributed by atoms with Crippen LogP contribution in [0.4, 0.5) is 17.2 Å². The minimum Gasteiger partial charge on any atom is -0.383 e. The molecular weight excluding hydrogens is 460 g/mol. The molecule has 0 radical (unpaired) electrons. The number of hydrogen-bond donors (Lipinski definition) is 2. The van der Waals surface area contributed by atoms with Gasteiger partial charge >= 0.3 is 0 Å². The summed E-state index contributed by atoms with van der Waals surface area (Å²) in [6.07, 6.45) is 8.59. The molecule has 4 aromatic heterocycles. The number of nitrogen functional groups attached to an aromatic ring is 1. The highest BCUT2D eigenvalue weighted by atomic mass is 32.1. The fourth-order valence-electron chi connectivity index (χ4n) is 4.73. The first-order valence-corrected chi connectivity index (χ1v) is 12.9. The lowest BCUT2D eigenvalue weighted by atomic mass is 10.1. The molecule has 0 unspecified atom stereocenters. The van der Waals surface area contributed by atoms with Crippen LogP contribution in [0.3, 0.4) is 0 Å². The maximum atomic E-state index is 6.34. The second-order valence-electron chi connectivity index (χ2n) is 9.16. The molecule has 0 bridgehead atoms. The highest BCUT2D eigenvalue weighted by molar-refractivity contribution is 7.14. The van der Waals surface area contributed by atoms with Crippen LogP contribution in [0.15, 0.2) is 36.7 Å². The third-order valence-corrected chi connectivity index (χ3v) is 7.79. The van der Waals surface area contributed by atoms with Crippen molar-refractivity contribution in [3.63, 3.8) is 0 Å². The van der Waals surface area contributed by atoms with E-state index in [0.29, 0.717) is 11.7 Å². The van der Waals surface area contributed by atoms with Crippen LogP contribution in [0.5, 0.6) is 0 Å². The van der Waals surface area contributed by atoms with E-state index in [1.165, 1.54) is 25.7 Å². The maximum absolute atomic E-state index is 6.34. The molecule has 6 rings (SSSR count). The van der Waals surface area contributed by atoms with E-state index in [2.05, 4.69) is 41.4 Å². The summed E-state index contributed by atoms with van der Waals surface area (Å²) in [5.74, 6) is 0.977. The molecule has 1 aliphatic heterocycles. The van der Waals surface area contributed by atoms with Gasteiger partial charge in [0.1, 0.15) is 10.8 Å². The van der Waals surface area contributed by atoms with Crippen LogP contribution in [0.2, 0.25) is 0 Å². The zero-order chi connectivity index (χ0) is 23.6. The predicted octanol–water partition coefficient (Wildman–Crippen LogP) is 4.36. The lowest BCUT2D eigenvalue weighted by Crippen LogP contribution is -2.35. The Morgan fingerprint density at radius 3 is 2.63 bits per heavy atom. The van der Waals surface area contributed by atoms with Gasteiger partial charge in [-0.25, -0.2) is 4.98 Å². The number of morpholine rings is 1. The first kappa shape index (κ1) is 22.3. The van der Waals surface area contributed by atoms with Gasteiger partial charge in [-0.15, -0.1) is 10.2 Å². The number of rotatable bonds is 6. The number of nitrogens with zero attached hydrogens (tertiary/aromatic N) is 6. The van der Waals surface area contributed by atoms with Gasteiger partial charge in [-0.3, -0.25) is 14.9 Å². The van der Waals surface area contributed by atoms with Crippen molar-refractivity contribution in [1.82, 2.24) is 30.0 Å². The van der Waals surface area contributed by atoms with Gasteiger partial charge in [0.2, 0.25) is 0 Å². The van der Waals surface area contributed by atoms with Gasteiger partial charge in [0.15, 0.2) is 5.01 Å². The lowest BCUT2D eigenvalue weighted by molar-refractivity contribution is 0.0336. The van der Waals surface area contributed by atoms with E-state index >= 15 is 0 Å². The van der Waals surface area contributed by atoms with Gasteiger partial charge in [-0.2, -0.15) is 0 Å². The topological polar surface area (TPSA) is 115 Å². The van der Waals surface area contributed by atoms with Crippen LogP contribution in [0.25, 0.3) is 21.6 Å². The number of pyridine rings is 3. The van der Waals surface area contributed by atoms with Crippen LogP contribution in [0.1, 0.15) is 42.3 Å². The smallest absolute Gasteiger partial charge is 0.151 e. The highest BCUT2D eigenvalue weighted by Crippen LogP contribution is 2.38. The predicted molar refractivity (Wildman–Crippen MR) is 138 cm³/mol. The van der Waals surface area contributed by atoms with Crippen LogP contribution in [-0.4, -0.2) is 56.4 Å². The summed E-state index contributed by atoms with van der Waals surface area (Å²) in [5.41, 5.74) is 11.4. The van der Waals surface area contributed by atoms with Crippen molar-refractivity contribution in [2.75, 3.05) is 37.4 Å². The molecule has 0 atom stereocenters. The number of fused-ring (bicyclic) bond motifs is 1. The SMILES string of the molecule is Nc1nc2cc(Nc3ccc(CN4CCOCC4)nc3)cnc2cc1-c1nnc(C2CCCC2)s1. The number of aromatic nitrogens is 5. The lowest BCUT2D eigenvalue weighted by Gasteiger charge is -2.26. The first-order valence-electron chi connectivity index (χ1n) is 12.1. The third kappa shape index (κ3) is 4.95. The van der Waals surface area contributed by atoms with E-state index in [4.69, 9.17) is 10.5 Å². The molecule has 0 aromatic carbocycles. The van der Waals surface area contributed by atoms with Crippen molar-refractivity contribution >= 4 is 39.6 Å². The molecule has 5 heterocycles. The second kappa shape index (κ2) is 9.80. The van der Waals surface area contributed by atoms with Crippen LogP contribution in [-0.2, 0) is 11.3 Å². The minimum absolute atomic E-state index is 0.444. The van der Waals surface area contributed by atoms with Crippen LogP contribution < -0.4 is 11.1 Å². The summed E-state index contributed by atoms with van der Waals surface area (Å²) in [7, 11) is 0. The van der Waals surface area contributed by atoms with Crippen molar-refractivity contribution < 1.29 is 4.74 Å². The van der Waals surface area contributed by atoms with Gasteiger partial charge in [-0.05, 0) is 37.1 Å². The van der Waals surface area contributed by atoms with Gasteiger partial charge in [-0.1, -0.05) is 24.2 Å². The standard InChI is InChI=1S/C25H28N8OS/c26-23-20(25-32-31-24(35-25)16-3-1-2-4-16)12-21-22(30-23)11-19(14-28-21)29-17-5-6-18(27-13-17)15-33-7-9-34-10-8-33/h5-6,11-14,16,29H,1-4,7-10,15H2,(H2,26,30). The second-order valence-corrected chi connectivity index (χ2v) is 10.2. The Morgan fingerprint density at radius 2 is 1.83 bits per heavy atom. The summed E-state index contributed by atoms with van der Waals surface area (Å²) in [6, 6.07) is 8.00. The van der Waals surface area contributed by atoms with Crippen molar-refractivity contribution in [2.45, 2.75) is 38.1 Å². The van der Waals surface area contributed by atoms with E-state index in [9.17, 15) is 0 Å².